The molecule has 0 unspecified atom stereocenters. The molecule has 1 aliphatic heterocycles. The highest BCUT2D eigenvalue weighted by atomic mass is 19.1. The number of esters is 1. The van der Waals surface area contributed by atoms with E-state index in [2.05, 4.69) is 4.98 Å². The molecule has 0 aliphatic carbocycles. The molecule has 142 valence electrons. The number of benzene rings is 2. The van der Waals surface area contributed by atoms with Crippen LogP contribution in [0.25, 0.3) is 5.69 Å². The van der Waals surface area contributed by atoms with Crippen LogP contribution in [-0.4, -0.2) is 32.9 Å². The molecule has 4 rings (SSSR count). The van der Waals surface area contributed by atoms with E-state index < -0.39 is 11.8 Å². The smallest absolute Gasteiger partial charge is 0.358 e. The molecule has 6 nitrogen and oxygen atoms in total. The fourth-order valence-electron chi connectivity index (χ4n) is 3.35. The molecule has 7 heteroatoms. The van der Waals surface area contributed by atoms with Crippen molar-refractivity contribution in [3.63, 3.8) is 0 Å². The predicted molar refractivity (Wildman–Crippen MR) is 99.5 cm³/mol. The van der Waals surface area contributed by atoms with Gasteiger partial charge in [-0.2, -0.15) is 0 Å². The van der Waals surface area contributed by atoms with Gasteiger partial charge in [-0.25, -0.2) is 14.2 Å². The minimum Gasteiger partial charge on any atom is -0.461 e. The Bertz CT molecular complexity index is 1050. The lowest BCUT2D eigenvalue weighted by Crippen LogP contribution is -2.30. The number of halogens is 1. The Labute approximate surface area is 161 Å². The summed E-state index contributed by atoms with van der Waals surface area (Å²) in [7, 11) is 0. The number of hydrogen-bond acceptors (Lipinski definition) is 4. The van der Waals surface area contributed by atoms with Gasteiger partial charge in [-0.1, -0.05) is 30.3 Å². The number of fused-ring (bicyclic) bond motifs is 3. The van der Waals surface area contributed by atoms with Crippen LogP contribution in [0.5, 0.6) is 0 Å². The van der Waals surface area contributed by atoms with E-state index in [4.69, 9.17) is 4.74 Å². The number of aromatic nitrogens is 2. The van der Waals surface area contributed by atoms with Gasteiger partial charge in [-0.3, -0.25) is 9.36 Å². The highest BCUT2D eigenvalue weighted by Crippen LogP contribution is 2.28. The van der Waals surface area contributed by atoms with Crippen molar-refractivity contribution >= 4 is 11.9 Å². The molecular formula is C21H18FN3O3. The standard InChI is InChI=1S/C21H18FN3O3/c1-2-28-21(27)19-18-12-24(11-14-6-4-3-5-7-14)20(26)16-10-15(22)8-9-17(16)25(18)13-23-19/h3-10,13H,2,11-12H2,1H3. The molecule has 0 atom stereocenters. The lowest BCUT2D eigenvalue weighted by Gasteiger charge is -2.21. The van der Waals surface area contributed by atoms with Gasteiger partial charge in [-0.05, 0) is 30.7 Å². The number of carbonyl (C=O) groups excluding carboxylic acids is 2. The first-order valence-electron chi connectivity index (χ1n) is 8.95. The number of hydrogen-bond donors (Lipinski definition) is 0. The van der Waals surface area contributed by atoms with E-state index in [-0.39, 0.29) is 30.3 Å². The summed E-state index contributed by atoms with van der Waals surface area (Å²) < 4.78 is 20.7. The molecule has 1 amide bonds. The van der Waals surface area contributed by atoms with E-state index in [1.807, 2.05) is 30.3 Å². The number of carbonyl (C=O) groups is 2. The molecule has 0 saturated heterocycles. The van der Waals surface area contributed by atoms with Crippen molar-refractivity contribution in [1.82, 2.24) is 14.5 Å². The lowest BCUT2D eigenvalue weighted by atomic mass is 10.1. The molecule has 0 N–H and O–H groups in total. The maximum absolute atomic E-state index is 13.9. The van der Waals surface area contributed by atoms with Crippen molar-refractivity contribution in [3.8, 4) is 5.69 Å². The van der Waals surface area contributed by atoms with Crippen LogP contribution in [0.3, 0.4) is 0 Å². The molecule has 0 spiro atoms. The average Bonchev–Trinajstić information content (AvgIpc) is 3.07. The van der Waals surface area contributed by atoms with Gasteiger partial charge in [-0.15, -0.1) is 0 Å². The summed E-state index contributed by atoms with van der Waals surface area (Å²) in [5, 5.41) is 0. The Morgan fingerprint density at radius 3 is 2.75 bits per heavy atom. The molecule has 0 bridgehead atoms. The van der Waals surface area contributed by atoms with Gasteiger partial charge in [0.2, 0.25) is 0 Å². The van der Waals surface area contributed by atoms with Crippen molar-refractivity contribution < 1.29 is 18.7 Å². The zero-order valence-electron chi connectivity index (χ0n) is 15.3. The molecule has 1 aliphatic rings. The number of nitrogens with zero attached hydrogens (tertiary/aromatic N) is 3. The first kappa shape index (κ1) is 17.9. The Hall–Kier alpha value is -3.48. The van der Waals surface area contributed by atoms with Crippen LogP contribution >= 0.6 is 0 Å². The summed E-state index contributed by atoms with van der Waals surface area (Å²) in [4.78, 5) is 31.3. The van der Waals surface area contributed by atoms with Gasteiger partial charge >= 0.3 is 5.97 Å². The third-order valence-corrected chi connectivity index (χ3v) is 4.63. The Balaban J connectivity index is 1.84. The van der Waals surface area contributed by atoms with Gasteiger partial charge in [0, 0.05) is 6.54 Å². The summed E-state index contributed by atoms with van der Waals surface area (Å²) in [6.45, 7) is 2.41. The molecule has 1 aromatic heterocycles. The van der Waals surface area contributed by atoms with Gasteiger partial charge in [0.25, 0.3) is 5.91 Å². The SMILES string of the molecule is CCOC(=O)c1ncn2c1CN(Cc1ccccc1)C(=O)c1cc(F)ccc1-2. The fraction of sp³-hybridized carbons (Fsp3) is 0.190. The third-order valence-electron chi connectivity index (χ3n) is 4.63. The normalized spacial score (nSPS) is 12.9. The van der Waals surface area contributed by atoms with Crippen LogP contribution < -0.4 is 0 Å². The van der Waals surface area contributed by atoms with Crippen LogP contribution in [0.2, 0.25) is 0 Å². The van der Waals surface area contributed by atoms with Gasteiger partial charge in [0.1, 0.15) is 12.1 Å². The summed E-state index contributed by atoms with van der Waals surface area (Å²) in [6.07, 6.45) is 1.47. The van der Waals surface area contributed by atoms with E-state index in [1.165, 1.54) is 24.5 Å². The number of rotatable bonds is 4. The van der Waals surface area contributed by atoms with E-state index in [9.17, 15) is 14.0 Å². The first-order chi connectivity index (χ1) is 13.6. The number of imidazole rings is 1. The van der Waals surface area contributed by atoms with Crippen LogP contribution in [0.1, 0.15) is 39.0 Å². The highest BCUT2D eigenvalue weighted by Gasteiger charge is 2.30. The zero-order chi connectivity index (χ0) is 19.7. The van der Waals surface area contributed by atoms with Gasteiger partial charge in [0.15, 0.2) is 5.69 Å². The molecule has 2 aromatic carbocycles. The summed E-state index contributed by atoms with van der Waals surface area (Å²) in [5.74, 6) is -1.35. The van der Waals surface area contributed by atoms with Crippen LogP contribution in [-0.2, 0) is 17.8 Å². The summed E-state index contributed by atoms with van der Waals surface area (Å²) in [5.41, 5.74) is 2.33. The quantitative estimate of drug-likeness (QED) is 0.652. The van der Waals surface area contributed by atoms with Crippen molar-refractivity contribution in [2.45, 2.75) is 20.0 Å². The second kappa shape index (κ2) is 7.26. The topological polar surface area (TPSA) is 64.4 Å². The minimum absolute atomic E-state index is 0.151. The number of ether oxygens (including phenoxy) is 1. The number of amides is 1. The minimum atomic E-state index is -0.547. The first-order valence-corrected chi connectivity index (χ1v) is 8.95. The van der Waals surface area contributed by atoms with Crippen molar-refractivity contribution in [1.29, 1.82) is 0 Å². The summed E-state index contributed by atoms with van der Waals surface area (Å²) >= 11 is 0. The van der Waals surface area contributed by atoms with E-state index in [0.29, 0.717) is 17.9 Å². The van der Waals surface area contributed by atoms with Crippen molar-refractivity contribution in [3.05, 3.63) is 83.2 Å². The highest BCUT2D eigenvalue weighted by molar-refractivity contribution is 5.99. The van der Waals surface area contributed by atoms with Gasteiger partial charge in [0.05, 0.1) is 30.1 Å². The van der Waals surface area contributed by atoms with Crippen molar-refractivity contribution in [2.75, 3.05) is 6.61 Å². The molecule has 3 aromatic rings. The van der Waals surface area contributed by atoms with Crippen LogP contribution in [0.15, 0.2) is 54.9 Å². The molecule has 0 fully saturated rings. The average molecular weight is 379 g/mol. The van der Waals surface area contributed by atoms with E-state index >= 15 is 0 Å². The Morgan fingerprint density at radius 2 is 2.00 bits per heavy atom. The molecule has 0 saturated carbocycles. The zero-order valence-corrected chi connectivity index (χ0v) is 15.3. The lowest BCUT2D eigenvalue weighted by molar-refractivity contribution is 0.0514. The second-order valence-electron chi connectivity index (χ2n) is 6.44. The summed E-state index contributed by atoms with van der Waals surface area (Å²) in [6, 6.07) is 13.5. The second-order valence-corrected chi connectivity index (χ2v) is 6.44. The Morgan fingerprint density at radius 1 is 1.21 bits per heavy atom. The molecule has 28 heavy (non-hydrogen) atoms. The van der Waals surface area contributed by atoms with E-state index in [1.54, 1.807) is 16.4 Å². The van der Waals surface area contributed by atoms with Crippen LogP contribution in [0, 0.1) is 5.82 Å². The molecular weight excluding hydrogens is 361 g/mol. The molecule has 0 radical (unpaired) electrons. The van der Waals surface area contributed by atoms with Crippen molar-refractivity contribution in [2.24, 2.45) is 0 Å². The van der Waals surface area contributed by atoms with Crippen LogP contribution in [0.4, 0.5) is 4.39 Å². The predicted octanol–water partition coefficient (Wildman–Crippen LogP) is 3.34. The van der Waals surface area contributed by atoms with E-state index in [0.717, 1.165) is 5.56 Å². The maximum atomic E-state index is 13.9. The third kappa shape index (κ3) is 3.15. The molecule has 2 heterocycles. The fourth-order valence-corrected chi connectivity index (χ4v) is 3.35. The van der Waals surface area contributed by atoms with Gasteiger partial charge < -0.3 is 9.64 Å². The maximum Gasteiger partial charge on any atom is 0.358 e. The Kier molecular flexibility index (Phi) is 4.65. The largest absolute Gasteiger partial charge is 0.461 e. The monoisotopic (exact) mass is 379 g/mol.